The van der Waals surface area contributed by atoms with Crippen molar-refractivity contribution < 1.29 is 4.79 Å². The molecule has 106 valence electrons. The van der Waals surface area contributed by atoms with Gasteiger partial charge < -0.3 is 10.6 Å². The molecular formula is C14H24N4O. The SMILES string of the molecule is CCn1nc(C)cc1CC1CCNC(C(=O)NC)C1. The molecule has 1 aliphatic heterocycles. The average molecular weight is 264 g/mol. The number of amides is 1. The molecule has 5 heteroatoms. The van der Waals surface area contributed by atoms with Gasteiger partial charge in [-0.25, -0.2) is 0 Å². The fourth-order valence-corrected chi connectivity index (χ4v) is 2.89. The molecule has 2 unspecified atom stereocenters. The third-order valence-electron chi connectivity index (χ3n) is 3.86. The number of carbonyl (C=O) groups excluding carboxylic acids is 1. The molecule has 2 heterocycles. The van der Waals surface area contributed by atoms with Crippen molar-refractivity contribution in [2.24, 2.45) is 5.92 Å². The Hall–Kier alpha value is -1.36. The zero-order valence-corrected chi connectivity index (χ0v) is 12.1. The van der Waals surface area contributed by atoms with Crippen molar-refractivity contribution in [2.75, 3.05) is 13.6 Å². The van der Waals surface area contributed by atoms with Gasteiger partial charge in [0, 0.05) is 19.3 Å². The van der Waals surface area contributed by atoms with Crippen LogP contribution in [0.15, 0.2) is 6.07 Å². The van der Waals surface area contributed by atoms with Gasteiger partial charge in [-0.15, -0.1) is 0 Å². The van der Waals surface area contributed by atoms with Gasteiger partial charge in [0.2, 0.25) is 5.91 Å². The number of nitrogens with one attached hydrogen (secondary N) is 2. The minimum atomic E-state index is -0.0390. The van der Waals surface area contributed by atoms with Gasteiger partial charge in [-0.1, -0.05) is 0 Å². The van der Waals surface area contributed by atoms with Crippen LogP contribution in [0.2, 0.25) is 0 Å². The van der Waals surface area contributed by atoms with Crippen LogP contribution < -0.4 is 10.6 Å². The second kappa shape index (κ2) is 6.19. The maximum absolute atomic E-state index is 11.7. The minimum absolute atomic E-state index is 0.0390. The van der Waals surface area contributed by atoms with E-state index in [1.807, 2.05) is 6.92 Å². The Morgan fingerprint density at radius 3 is 3.11 bits per heavy atom. The molecule has 2 rings (SSSR count). The number of aromatic nitrogens is 2. The molecule has 0 bridgehead atoms. The van der Waals surface area contributed by atoms with Crippen LogP contribution in [0, 0.1) is 12.8 Å². The molecule has 1 aromatic heterocycles. The van der Waals surface area contributed by atoms with Gasteiger partial charge in [0.05, 0.1) is 11.7 Å². The molecule has 2 N–H and O–H groups in total. The lowest BCUT2D eigenvalue weighted by atomic mass is 9.88. The van der Waals surface area contributed by atoms with Crippen LogP contribution in [0.1, 0.15) is 31.2 Å². The van der Waals surface area contributed by atoms with Gasteiger partial charge in [0.25, 0.3) is 0 Å². The summed E-state index contributed by atoms with van der Waals surface area (Å²) in [4.78, 5) is 11.7. The largest absolute Gasteiger partial charge is 0.358 e. The quantitative estimate of drug-likeness (QED) is 0.848. The first kappa shape index (κ1) is 14.1. The van der Waals surface area contributed by atoms with Crippen molar-refractivity contribution in [1.82, 2.24) is 20.4 Å². The molecule has 1 amide bonds. The Bertz CT molecular complexity index is 441. The molecule has 1 aliphatic rings. The van der Waals surface area contributed by atoms with E-state index in [1.54, 1.807) is 7.05 Å². The lowest BCUT2D eigenvalue weighted by Crippen LogP contribution is -2.48. The minimum Gasteiger partial charge on any atom is -0.358 e. The van der Waals surface area contributed by atoms with E-state index < -0.39 is 0 Å². The van der Waals surface area contributed by atoms with E-state index >= 15 is 0 Å². The highest BCUT2D eigenvalue weighted by Gasteiger charge is 2.26. The molecule has 5 nitrogen and oxygen atoms in total. The second-order valence-corrected chi connectivity index (χ2v) is 5.31. The number of piperidine rings is 1. The smallest absolute Gasteiger partial charge is 0.236 e. The summed E-state index contributed by atoms with van der Waals surface area (Å²) in [5, 5.41) is 10.5. The van der Waals surface area contributed by atoms with Gasteiger partial charge in [0.1, 0.15) is 0 Å². The first-order valence-electron chi connectivity index (χ1n) is 7.12. The lowest BCUT2D eigenvalue weighted by Gasteiger charge is -2.29. The normalized spacial score (nSPS) is 23.3. The van der Waals surface area contributed by atoms with Gasteiger partial charge in [0.15, 0.2) is 0 Å². The van der Waals surface area contributed by atoms with Crippen molar-refractivity contribution in [1.29, 1.82) is 0 Å². The van der Waals surface area contributed by atoms with Gasteiger partial charge in [-0.3, -0.25) is 9.48 Å². The van der Waals surface area contributed by atoms with E-state index in [4.69, 9.17) is 0 Å². The summed E-state index contributed by atoms with van der Waals surface area (Å²) in [7, 11) is 1.70. The van der Waals surface area contributed by atoms with Crippen molar-refractivity contribution in [3.63, 3.8) is 0 Å². The summed E-state index contributed by atoms with van der Waals surface area (Å²) in [6, 6.07) is 2.13. The fourth-order valence-electron chi connectivity index (χ4n) is 2.89. The number of nitrogens with zero attached hydrogens (tertiary/aromatic N) is 2. The Kier molecular flexibility index (Phi) is 4.58. The molecule has 0 radical (unpaired) electrons. The predicted molar refractivity (Wildman–Crippen MR) is 74.9 cm³/mol. The van der Waals surface area contributed by atoms with Crippen LogP contribution in [-0.4, -0.2) is 35.3 Å². The lowest BCUT2D eigenvalue weighted by molar-refractivity contribution is -0.123. The molecule has 2 atom stereocenters. The molecule has 1 aromatic rings. The Morgan fingerprint density at radius 2 is 2.42 bits per heavy atom. The number of carbonyl (C=O) groups is 1. The Morgan fingerprint density at radius 1 is 1.63 bits per heavy atom. The van der Waals surface area contributed by atoms with E-state index in [0.29, 0.717) is 5.92 Å². The zero-order valence-electron chi connectivity index (χ0n) is 12.1. The number of hydrogen-bond acceptors (Lipinski definition) is 3. The standard InChI is InChI=1S/C14H24N4O/c1-4-18-12(7-10(2)17-18)8-11-5-6-16-13(9-11)14(19)15-3/h7,11,13,16H,4-6,8-9H2,1-3H3,(H,15,19). The molecule has 0 aromatic carbocycles. The van der Waals surface area contributed by atoms with Gasteiger partial charge in [-0.2, -0.15) is 5.10 Å². The highest BCUT2D eigenvalue weighted by atomic mass is 16.2. The van der Waals surface area contributed by atoms with Crippen LogP contribution in [0.3, 0.4) is 0 Å². The van der Waals surface area contributed by atoms with Crippen molar-refractivity contribution in [3.8, 4) is 0 Å². The van der Waals surface area contributed by atoms with Crippen molar-refractivity contribution >= 4 is 5.91 Å². The summed E-state index contributed by atoms with van der Waals surface area (Å²) in [5.74, 6) is 0.662. The number of likely N-dealkylation sites (N-methyl/N-ethyl adjacent to an activating group) is 1. The van der Waals surface area contributed by atoms with Gasteiger partial charge >= 0.3 is 0 Å². The van der Waals surface area contributed by atoms with Crippen molar-refractivity contribution in [3.05, 3.63) is 17.5 Å². The van der Waals surface area contributed by atoms with E-state index in [9.17, 15) is 4.79 Å². The van der Waals surface area contributed by atoms with Crippen molar-refractivity contribution in [2.45, 2.75) is 45.7 Å². The average Bonchev–Trinajstić information content (AvgIpc) is 2.78. The maximum Gasteiger partial charge on any atom is 0.236 e. The van der Waals surface area contributed by atoms with Gasteiger partial charge in [-0.05, 0) is 51.6 Å². The first-order valence-corrected chi connectivity index (χ1v) is 7.12. The molecule has 19 heavy (non-hydrogen) atoms. The summed E-state index contributed by atoms with van der Waals surface area (Å²) < 4.78 is 2.08. The summed E-state index contributed by atoms with van der Waals surface area (Å²) in [6.07, 6.45) is 3.05. The summed E-state index contributed by atoms with van der Waals surface area (Å²) in [6.45, 7) is 5.98. The number of aryl methyl sites for hydroxylation is 2. The maximum atomic E-state index is 11.7. The highest BCUT2D eigenvalue weighted by Crippen LogP contribution is 2.21. The number of rotatable bonds is 4. The first-order chi connectivity index (χ1) is 9.13. The number of hydrogen-bond donors (Lipinski definition) is 2. The third kappa shape index (κ3) is 3.35. The third-order valence-corrected chi connectivity index (χ3v) is 3.86. The molecule has 0 aliphatic carbocycles. The van der Waals surface area contributed by atoms with Crippen LogP contribution in [0.25, 0.3) is 0 Å². The zero-order chi connectivity index (χ0) is 13.8. The Balaban J connectivity index is 2.00. The van der Waals surface area contributed by atoms with E-state index in [2.05, 4.69) is 33.4 Å². The van der Waals surface area contributed by atoms with E-state index in [1.165, 1.54) is 5.69 Å². The fraction of sp³-hybridized carbons (Fsp3) is 0.714. The summed E-state index contributed by atoms with van der Waals surface area (Å²) in [5.41, 5.74) is 2.37. The molecular weight excluding hydrogens is 240 g/mol. The van der Waals surface area contributed by atoms with Crippen LogP contribution in [0.4, 0.5) is 0 Å². The monoisotopic (exact) mass is 264 g/mol. The highest BCUT2D eigenvalue weighted by molar-refractivity contribution is 5.81. The topological polar surface area (TPSA) is 59.0 Å². The second-order valence-electron chi connectivity index (χ2n) is 5.31. The van der Waals surface area contributed by atoms with Crippen LogP contribution in [0.5, 0.6) is 0 Å². The molecule has 0 spiro atoms. The molecule has 1 fully saturated rings. The predicted octanol–water partition coefficient (Wildman–Crippen LogP) is 0.868. The van der Waals surface area contributed by atoms with E-state index in [0.717, 1.165) is 38.0 Å². The van der Waals surface area contributed by atoms with Crippen LogP contribution in [-0.2, 0) is 17.8 Å². The molecule has 1 saturated heterocycles. The van der Waals surface area contributed by atoms with Crippen LogP contribution >= 0.6 is 0 Å². The molecule has 0 saturated carbocycles. The Labute approximate surface area is 114 Å². The summed E-state index contributed by atoms with van der Waals surface area (Å²) >= 11 is 0. The van der Waals surface area contributed by atoms with E-state index in [-0.39, 0.29) is 11.9 Å².